The van der Waals surface area contributed by atoms with E-state index in [9.17, 15) is 9.18 Å². The minimum absolute atomic E-state index is 0.0834. The van der Waals surface area contributed by atoms with Crippen molar-refractivity contribution in [2.45, 2.75) is 37.9 Å². The van der Waals surface area contributed by atoms with Gasteiger partial charge in [0.15, 0.2) is 5.65 Å². The van der Waals surface area contributed by atoms with Crippen molar-refractivity contribution >= 4 is 17.0 Å². The molecular weight excluding hydrogens is 371 g/mol. The summed E-state index contributed by atoms with van der Waals surface area (Å²) in [7, 11) is 1.75. The molecule has 2 atom stereocenters. The number of fused-ring (bicyclic) bond motifs is 1. The molecule has 1 saturated heterocycles. The molecule has 0 bridgehead atoms. The van der Waals surface area contributed by atoms with Crippen LogP contribution in [0.2, 0.25) is 0 Å². The Morgan fingerprint density at radius 2 is 1.97 bits per heavy atom. The van der Waals surface area contributed by atoms with Crippen LogP contribution in [-0.2, 0) is 7.05 Å². The molecule has 3 N–H and O–H groups in total. The van der Waals surface area contributed by atoms with Crippen LogP contribution in [0.3, 0.4) is 0 Å². The predicted octanol–water partition coefficient (Wildman–Crippen LogP) is 2.37. The van der Waals surface area contributed by atoms with Crippen molar-refractivity contribution in [3.63, 3.8) is 0 Å². The van der Waals surface area contributed by atoms with Crippen molar-refractivity contribution < 1.29 is 4.39 Å². The third-order valence-electron chi connectivity index (χ3n) is 6.79. The molecule has 3 heterocycles. The highest BCUT2D eigenvalue weighted by atomic mass is 19.1. The second-order valence-corrected chi connectivity index (χ2v) is 8.43. The Morgan fingerprint density at radius 3 is 2.62 bits per heavy atom. The highest BCUT2D eigenvalue weighted by Gasteiger charge is 2.47. The molecule has 29 heavy (non-hydrogen) atoms. The summed E-state index contributed by atoms with van der Waals surface area (Å²) in [4.78, 5) is 20.0. The molecule has 1 aromatic carbocycles. The van der Waals surface area contributed by atoms with Crippen molar-refractivity contribution in [1.82, 2.24) is 19.7 Å². The molecule has 7 nitrogen and oxygen atoms in total. The van der Waals surface area contributed by atoms with Gasteiger partial charge in [-0.25, -0.2) is 4.39 Å². The van der Waals surface area contributed by atoms with Gasteiger partial charge in [-0.05, 0) is 31.1 Å². The maximum Gasteiger partial charge on any atom is 0.266 e. The Balaban J connectivity index is 1.48. The van der Waals surface area contributed by atoms with E-state index in [1.165, 1.54) is 0 Å². The number of anilines is 1. The lowest BCUT2D eigenvalue weighted by Gasteiger charge is -2.42. The molecule has 2 aromatic heterocycles. The zero-order valence-electron chi connectivity index (χ0n) is 16.4. The lowest BCUT2D eigenvalue weighted by atomic mass is 9.74. The second kappa shape index (κ2) is 6.66. The smallest absolute Gasteiger partial charge is 0.266 e. The quantitative estimate of drug-likeness (QED) is 0.694. The summed E-state index contributed by atoms with van der Waals surface area (Å²) in [5.74, 6) is 0.615. The molecule has 152 valence electrons. The van der Waals surface area contributed by atoms with E-state index >= 15 is 0 Å². The number of aromatic amines is 1. The van der Waals surface area contributed by atoms with E-state index < -0.39 is 6.17 Å². The minimum atomic E-state index is -0.795. The van der Waals surface area contributed by atoms with Crippen molar-refractivity contribution in [1.29, 1.82) is 0 Å². The first-order valence-corrected chi connectivity index (χ1v) is 10.1. The Labute approximate surface area is 167 Å². The topological polar surface area (TPSA) is 92.8 Å². The van der Waals surface area contributed by atoms with Gasteiger partial charge >= 0.3 is 0 Å². The van der Waals surface area contributed by atoms with E-state index in [-0.39, 0.29) is 17.0 Å². The normalized spacial score (nSPS) is 23.9. The van der Waals surface area contributed by atoms with Crippen LogP contribution in [0.4, 0.5) is 10.3 Å². The number of aromatic nitrogens is 4. The van der Waals surface area contributed by atoms with E-state index in [4.69, 9.17) is 10.7 Å². The molecule has 1 spiro atoms. The standard InChI is InChI=1S/C21H25FN6O/c1-27-19(29)16-17(13-5-3-2-4-6-13)25-26-18(16)24-20(27)28-9-7-21(8-10-28)12-14(22)11-15(21)23/h2-6,14-15H,7-12,23H2,1H3,(H,25,26)/t14-,15-/m1/s1. The van der Waals surface area contributed by atoms with Gasteiger partial charge in [-0.3, -0.25) is 14.5 Å². The van der Waals surface area contributed by atoms with Gasteiger partial charge in [-0.1, -0.05) is 30.3 Å². The Bertz CT molecular complexity index is 1100. The first kappa shape index (κ1) is 18.3. The molecule has 2 aliphatic rings. The fourth-order valence-corrected chi connectivity index (χ4v) is 5.07. The summed E-state index contributed by atoms with van der Waals surface area (Å²) in [6.07, 6.45) is 1.85. The lowest BCUT2D eigenvalue weighted by Crippen LogP contribution is -2.48. The number of hydrogen-bond acceptors (Lipinski definition) is 5. The average Bonchev–Trinajstić information content (AvgIpc) is 3.27. The third-order valence-corrected chi connectivity index (χ3v) is 6.79. The maximum atomic E-state index is 13.9. The molecule has 1 aliphatic carbocycles. The van der Waals surface area contributed by atoms with Crippen LogP contribution >= 0.6 is 0 Å². The van der Waals surface area contributed by atoms with Gasteiger partial charge in [-0.2, -0.15) is 10.1 Å². The van der Waals surface area contributed by atoms with Gasteiger partial charge in [0, 0.05) is 31.7 Å². The summed E-state index contributed by atoms with van der Waals surface area (Å²) in [6.45, 7) is 1.43. The van der Waals surface area contributed by atoms with Crippen molar-refractivity contribution in [2.75, 3.05) is 18.0 Å². The fourth-order valence-electron chi connectivity index (χ4n) is 5.07. The number of piperidine rings is 1. The number of nitrogens with zero attached hydrogens (tertiary/aromatic N) is 4. The van der Waals surface area contributed by atoms with Gasteiger partial charge in [0.25, 0.3) is 5.56 Å². The zero-order valence-corrected chi connectivity index (χ0v) is 16.4. The summed E-state index contributed by atoms with van der Waals surface area (Å²) >= 11 is 0. The van der Waals surface area contributed by atoms with E-state index in [2.05, 4.69) is 15.1 Å². The molecule has 0 unspecified atom stereocenters. The van der Waals surface area contributed by atoms with E-state index in [1.54, 1.807) is 11.6 Å². The number of benzene rings is 1. The Hall–Kier alpha value is -2.74. The van der Waals surface area contributed by atoms with Gasteiger partial charge in [0.05, 0.1) is 0 Å². The SMILES string of the molecule is Cn1c(N2CCC3(CC2)C[C@H](F)C[C@H]3N)nc2[nH]nc(-c3ccccc3)c2c1=O. The van der Waals surface area contributed by atoms with E-state index in [1.807, 2.05) is 30.3 Å². The van der Waals surface area contributed by atoms with Crippen molar-refractivity contribution in [3.8, 4) is 11.3 Å². The number of nitrogens with two attached hydrogens (primary N) is 1. The first-order chi connectivity index (χ1) is 14.0. The molecule has 5 rings (SSSR count). The zero-order chi connectivity index (χ0) is 20.2. The van der Waals surface area contributed by atoms with Gasteiger partial charge < -0.3 is 10.6 Å². The first-order valence-electron chi connectivity index (χ1n) is 10.1. The monoisotopic (exact) mass is 396 g/mol. The molecule has 1 aliphatic heterocycles. The highest BCUT2D eigenvalue weighted by Crippen LogP contribution is 2.47. The minimum Gasteiger partial charge on any atom is -0.342 e. The molecule has 3 aromatic rings. The number of rotatable bonds is 2. The molecule has 2 fully saturated rings. The van der Waals surface area contributed by atoms with Crippen LogP contribution in [0.5, 0.6) is 0 Å². The number of nitrogens with one attached hydrogen (secondary N) is 1. The fraction of sp³-hybridized carbons (Fsp3) is 0.476. The summed E-state index contributed by atoms with van der Waals surface area (Å²) < 4.78 is 15.5. The summed E-state index contributed by atoms with van der Waals surface area (Å²) in [5, 5.41) is 7.77. The number of H-pyrrole nitrogens is 1. The van der Waals surface area contributed by atoms with Crippen LogP contribution < -0.4 is 16.2 Å². The number of hydrogen-bond donors (Lipinski definition) is 2. The van der Waals surface area contributed by atoms with Gasteiger partial charge in [0.2, 0.25) is 5.95 Å². The van der Waals surface area contributed by atoms with Crippen LogP contribution in [0.1, 0.15) is 25.7 Å². The third kappa shape index (κ3) is 2.85. The second-order valence-electron chi connectivity index (χ2n) is 8.43. The molecule has 1 saturated carbocycles. The Morgan fingerprint density at radius 1 is 1.24 bits per heavy atom. The highest BCUT2D eigenvalue weighted by molar-refractivity contribution is 5.90. The van der Waals surface area contributed by atoms with Crippen LogP contribution in [-0.4, -0.2) is 45.1 Å². The van der Waals surface area contributed by atoms with Crippen molar-refractivity contribution in [3.05, 3.63) is 40.7 Å². The largest absolute Gasteiger partial charge is 0.342 e. The average molecular weight is 396 g/mol. The molecule has 8 heteroatoms. The van der Waals surface area contributed by atoms with Crippen LogP contribution in [0.25, 0.3) is 22.3 Å². The van der Waals surface area contributed by atoms with E-state index in [0.717, 1.165) is 18.4 Å². The van der Waals surface area contributed by atoms with Gasteiger partial charge in [0.1, 0.15) is 17.3 Å². The van der Waals surface area contributed by atoms with Gasteiger partial charge in [-0.15, -0.1) is 0 Å². The summed E-state index contributed by atoms with van der Waals surface area (Å²) in [5.41, 5.74) is 8.00. The number of halogens is 1. The lowest BCUT2D eigenvalue weighted by molar-refractivity contribution is 0.183. The Kier molecular flexibility index (Phi) is 4.20. The van der Waals surface area contributed by atoms with Crippen LogP contribution in [0, 0.1) is 5.41 Å². The molecule has 0 radical (unpaired) electrons. The molecule has 0 amide bonds. The maximum absolute atomic E-state index is 13.9. The predicted molar refractivity (Wildman–Crippen MR) is 111 cm³/mol. The van der Waals surface area contributed by atoms with Crippen molar-refractivity contribution in [2.24, 2.45) is 18.2 Å². The summed E-state index contributed by atoms with van der Waals surface area (Å²) in [6, 6.07) is 9.53. The number of alkyl halides is 1. The molecular formula is C21H25FN6O. The van der Waals surface area contributed by atoms with E-state index in [0.29, 0.717) is 48.6 Å². The van der Waals surface area contributed by atoms with Crippen LogP contribution in [0.15, 0.2) is 35.1 Å².